The average Bonchev–Trinajstić information content (AvgIpc) is 3.18. The van der Waals surface area contributed by atoms with Crippen LogP contribution in [0.1, 0.15) is 38.2 Å². The van der Waals surface area contributed by atoms with Crippen LogP contribution in [0.3, 0.4) is 0 Å². The molecule has 1 aromatic carbocycles. The summed E-state index contributed by atoms with van der Waals surface area (Å²) in [5.74, 6) is -0.899. The third-order valence-corrected chi connectivity index (χ3v) is 3.82. The van der Waals surface area contributed by atoms with Gasteiger partial charge in [0.15, 0.2) is 0 Å². The summed E-state index contributed by atoms with van der Waals surface area (Å²) in [5, 5.41) is 9.14. The number of carbonyl (C=O) groups is 2. The van der Waals surface area contributed by atoms with Crippen molar-refractivity contribution in [2.24, 2.45) is 5.41 Å². The molecule has 1 fully saturated rings. The van der Waals surface area contributed by atoms with Crippen LogP contribution >= 0.6 is 0 Å². The van der Waals surface area contributed by atoms with Gasteiger partial charge in [-0.25, -0.2) is 0 Å². The fourth-order valence-electron chi connectivity index (χ4n) is 2.17. The molecule has 1 aromatic rings. The second-order valence-corrected chi connectivity index (χ2v) is 5.50. The Labute approximate surface area is 113 Å². The molecule has 0 bridgehead atoms. The maximum Gasteiger partial charge on any atom is 0.319 e. The van der Waals surface area contributed by atoms with Crippen LogP contribution in [0.15, 0.2) is 24.3 Å². The van der Waals surface area contributed by atoms with Crippen molar-refractivity contribution in [2.75, 3.05) is 11.9 Å². The monoisotopic (exact) mass is 261 g/mol. The van der Waals surface area contributed by atoms with Crippen LogP contribution in [0.5, 0.6) is 0 Å². The summed E-state index contributed by atoms with van der Waals surface area (Å²) >= 11 is 0. The van der Waals surface area contributed by atoms with Crippen molar-refractivity contribution < 1.29 is 14.7 Å². The van der Waals surface area contributed by atoms with E-state index in [0.717, 1.165) is 5.69 Å². The number of carbonyl (C=O) groups excluding carboxylic acids is 1. The average molecular weight is 261 g/mol. The summed E-state index contributed by atoms with van der Waals surface area (Å²) < 4.78 is 0. The molecule has 0 spiro atoms. The van der Waals surface area contributed by atoms with Gasteiger partial charge in [-0.3, -0.25) is 9.59 Å². The van der Waals surface area contributed by atoms with Gasteiger partial charge >= 0.3 is 5.97 Å². The van der Waals surface area contributed by atoms with E-state index in [1.807, 2.05) is 24.3 Å². The minimum atomic E-state index is -1.18. The number of rotatable bonds is 4. The predicted molar refractivity (Wildman–Crippen MR) is 73.2 cm³/mol. The quantitative estimate of drug-likeness (QED) is 0.848. The van der Waals surface area contributed by atoms with Gasteiger partial charge in [0, 0.05) is 12.7 Å². The zero-order valence-corrected chi connectivity index (χ0v) is 11.5. The molecule has 0 aromatic heterocycles. The minimum Gasteiger partial charge on any atom is -0.480 e. The Morgan fingerprint density at radius 1 is 1.21 bits per heavy atom. The Morgan fingerprint density at radius 2 is 1.74 bits per heavy atom. The number of benzene rings is 1. The highest BCUT2D eigenvalue weighted by atomic mass is 16.4. The summed E-state index contributed by atoms with van der Waals surface area (Å²) in [6.07, 6.45) is 0.880. The number of hydrogen-bond acceptors (Lipinski definition) is 2. The van der Waals surface area contributed by atoms with E-state index < -0.39 is 11.4 Å². The van der Waals surface area contributed by atoms with E-state index in [9.17, 15) is 9.59 Å². The number of anilines is 1. The number of carboxylic acid groups (broad SMARTS) is 1. The molecule has 4 heteroatoms. The molecule has 1 N–H and O–H groups in total. The van der Waals surface area contributed by atoms with E-state index in [1.54, 1.807) is 7.05 Å². The van der Waals surface area contributed by atoms with E-state index >= 15 is 0 Å². The lowest BCUT2D eigenvalue weighted by atomic mass is 10.0. The largest absolute Gasteiger partial charge is 0.480 e. The summed E-state index contributed by atoms with van der Waals surface area (Å²) in [6, 6.07) is 7.69. The first kappa shape index (κ1) is 13.6. The molecule has 0 atom stereocenters. The van der Waals surface area contributed by atoms with Crippen LogP contribution in [0.25, 0.3) is 0 Å². The SMILES string of the molecule is CC(C)c1ccc(N(C)C(=O)C2(C(=O)O)CC2)cc1. The normalized spacial score (nSPS) is 16.2. The molecule has 1 amide bonds. The van der Waals surface area contributed by atoms with E-state index in [-0.39, 0.29) is 5.91 Å². The van der Waals surface area contributed by atoms with Crippen molar-refractivity contribution in [3.63, 3.8) is 0 Å². The smallest absolute Gasteiger partial charge is 0.319 e. The lowest BCUT2D eigenvalue weighted by Gasteiger charge is -2.21. The van der Waals surface area contributed by atoms with E-state index in [1.165, 1.54) is 10.5 Å². The highest BCUT2D eigenvalue weighted by Crippen LogP contribution is 2.47. The van der Waals surface area contributed by atoms with Crippen molar-refractivity contribution in [1.29, 1.82) is 0 Å². The van der Waals surface area contributed by atoms with Crippen LogP contribution in [-0.4, -0.2) is 24.0 Å². The minimum absolute atomic E-state index is 0.322. The molecule has 1 aliphatic rings. The lowest BCUT2D eigenvalue weighted by molar-refractivity contribution is -0.148. The Kier molecular flexibility index (Phi) is 3.35. The van der Waals surface area contributed by atoms with Gasteiger partial charge in [-0.1, -0.05) is 26.0 Å². The molecular formula is C15H19NO3. The van der Waals surface area contributed by atoms with Gasteiger partial charge in [0.05, 0.1) is 0 Å². The molecule has 19 heavy (non-hydrogen) atoms. The van der Waals surface area contributed by atoms with Crippen molar-refractivity contribution in [3.05, 3.63) is 29.8 Å². The van der Waals surface area contributed by atoms with E-state index in [0.29, 0.717) is 18.8 Å². The fraction of sp³-hybridized carbons (Fsp3) is 0.467. The number of hydrogen-bond donors (Lipinski definition) is 1. The van der Waals surface area contributed by atoms with Gasteiger partial charge < -0.3 is 10.0 Å². The molecule has 4 nitrogen and oxygen atoms in total. The number of aliphatic carboxylic acids is 1. The summed E-state index contributed by atoms with van der Waals surface area (Å²) in [5.41, 5.74) is 0.761. The molecule has 1 saturated carbocycles. The van der Waals surface area contributed by atoms with Crippen LogP contribution in [0.2, 0.25) is 0 Å². The summed E-state index contributed by atoms with van der Waals surface area (Å²) in [6.45, 7) is 4.21. The van der Waals surface area contributed by atoms with Gasteiger partial charge in [0.25, 0.3) is 0 Å². The third kappa shape index (κ3) is 2.35. The third-order valence-electron chi connectivity index (χ3n) is 3.82. The number of nitrogens with zero attached hydrogens (tertiary/aromatic N) is 1. The Morgan fingerprint density at radius 3 is 2.11 bits per heavy atom. The zero-order chi connectivity index (χ0) is 14.2. The highest BCUT2D eigenvalue weighted by molar-refractivity contribution is 6.11. The van der Waals surface area contributed by atoms with Crippen molar-refractivity contribution in [2.45, 2.75) is 32.6 Å². The maximum absolute atomic E-state index is 12.2. The van der Waals surface area contributed by atoms with Crippen LogP contribution in [0.4, 0.5) is 5.69 Å². The number of carboxylic acids is 1. The van der Waals surface area contributed by atoms with Gasteiger partial charge in [0.2, 0.25) is 5.91 Å². The Hall–Kier alpha value is -1.84. The first-order valence-electron chi connectivity index (χ1n) is 6.50. The van der Waals surface area contributed by atoms with Gasteiger partial charge in [-0.05, 0) is 36.5 Å². The van der Waals surface area contributed by atoms with Gasteiger partial charge in [-0.2, -0.15) is 0 Å². The van der Waals surface area contributed by atoms with Crippen LogP contribution in [0, 0.1) is 5.41 Å². The molecule has 2 rings (SSSR count). The summed E-state index contributed by atoms with van der Waals surface area (Å²) in [4.78, 5) is 24.8. The van der Waals surface area contributed by atoms with Crippen LogP contribution in [-0.2, 0) is 9.59 Å². The Bertz CT molecular complexity index is 501. The molecule has 0 radical (unpaired) electrons. The number of amides is 1. The zero-order valence-electron chi connectivity index (χ0n) is 11.5. The molecule has 102 valence electrons. The first-order chi connectivity index (χ1) is 8.88. The predicted octanol–water partition coefficient (Wildman–Crippen LogP) is 2.64. The van der Waals surface area contributed by atoms with Crippen LogP contribution < -0.4 is 4.90 Å². The van der Waals surface area contributed by atoms with Crippen molar-refractivity contribution in [1.82, 2.24) is 0 Å². The van der Waals surface area contributed by atoms with Gasteiger partial charge in [0.1, 0.15) is 5.41 Å². The maximum atomic E-state index is 12.2. The standard InChI is InChI=1S/C15H19NO3/c1-10(2)11-4-6-12(7-5-11)16(3)13(17)15(8-9-15)14(18)19/h4-7,10H,8-9H2,1-3H3,(H,18,19). The first-order valence-corrected chi connectivity index (χ1v) is 6.50. The highest BCUT2D eigenvalue weighted by Gasteiger charge is 2.58. The Balaban J connectivity index is 2.18. The molecule has 0 aliphatic heterocycles. The molecular weight excluding hydrogens is 242 g/mol. The molecule has 0 saturated heterocycles. The van der Waals surface area contributed by atoms with Crippen molar-refractivity contribution in [3.8, 4) is 0 Å². The van der Waals surface area contributed by atoms with Gasteiger partial charge in [-0.15, -0.1) is 0 Å². The second kappa shape index (κ2) is 4.68. The molecule has 0 unspecified atom stereocenters. The lowest BCUT2D eigenvalue weighted by Crippen LogP contribution is -2.38. The topological polar surface area (TPSA) is 57.6 Å². The fourth-order valence-corrected chi connectivity index (χ4v) is 2.17. The molecule has 1 aliphatic carbocycles. The van der Waals surface area contributed by atoms with E-state index in [2.05, 4.69) is 13.8 Å². The summed E-state index contributed by atoms with van der Waals surface area (Å²) in [7, 11) is 1.63. The van der Waals surface area contributed by atoms with E-state index in [4.69, 9.17) is 5.11 Å². The second-order valence-electron chi connectivity index (χ2n) is 5.50. The molecule has 0 heterocycles. The van der Waals surface area contributed by atoms with Crippen molar-refractivity contribution >= 4 is 17.6 Å².